The fourth-order valence-corrected chi connectivity index (χ4v) is 8.32. The van der Waals surface area contributed by atoms with Crippen molar-refractivity contribution in [3.8, 4) is 0 Å². The molecule has 1 aliphatic rings. The van der Waals surface area contributed by atoms with Crippen molar-refractivity contribution in [1.29, 1.82) is 0 Å². The van der Waals surface area contributed by atoms with Crippen LogP contribution in [0.25, 0.3) is 21.5 Å². The standard InChI is InChI=1S/C28H32O3.C16H26.C12H6O3.CH4O3S/c1-6-19(17-28(4,5)7-2)21-15-14-18(3)24(16-21)26(29)22-12-8-10-20-11-9-13-23(25(20)22)27(30)31;1-6-14(12-16(4,5)7-2)15-10-8-13(3)9-11-15;13-11-8-5-1-3-7-4-2-6-9(10(7)8)12(14)15-11;1-5(2,3)4/h8-16,19H,6-7,17H2,1-5H3,(H,30,31);8-11,14H,6-7,12H2,1-5H3;1-6H;1H3,(H,2,3,4). The number of hydrogen-bond acceptors (Lipinski definition) is 7. The first-order chi connectivity index (χ1) is 31.4. The number of aromatic carboxylic acids is 1. The maximum atomic E-state index is 13.7. The van der Waals surface area contributed by atoms with Gasteiger partial charge in [0.15, 0.2) is 5.78 Å². The molecule has 67 heavy (non-hydrogen) atoms. The summed E-state index contributed by atoms with van der Waals surface area (Å²) >= 11 is 0. The normalized spacial score (nSPS) is 13.2. The van der Waals surface area contributed by atoms with Crippen molar-refractivity contribution in [2.75, 3.05) is 6.26 Å². The highest BCUT2D eigenvalue weighted by molar-refractivity contribution is 7.85. The highest BCUT2D eigenvalue weighted by Gasteiger charge is 2.27. The van der Waals surface area contributed by atoms with Gasteiger partial charge in [0.2, 0.25) is 0 Å². The number of cyclic esters (lactones) is 2. The summed E-state index contributed by atoms with van der Waals surface area (Å²) in [4.78, 5) is 48.4. The SMILES string of the molecule is CCC(CC(C)(C)CC)c1ccc(C)c(C(=O)c2cccc3cccc(C(=O)O)c23)c1.CCC(CC(C)(C)CC)c1ccc(C)cc1.CS(=O)(=O)O.O=C1OC(=O)c2cccc3cccc1c23. The van der Waals surface area contributed by atoms with Gasteiger partial charge < -0.3 is 9.84 Å². The number of hydrogen-bond donors (Lipinski definition) is 2. The number of benzene rings is 6. The molecule has 0 radical (unpaired) electrons. The first-order valence-corrected chi connectivity index (χ1v) is 25.0. The van der Waals surface area contributed by atoms with E-state index in [2.05, 4.69) is 97.4 Å². The number of fused-ring (bicyclic) bond motifs is 1. The Bertz CT molecular complexity index is 2760. The van der Waals surface area contributed by atoms with Crippen LogP contribution in [-0.4, -0.2) is 48.0 Å². The minimum Gasteiger partial charge on any atom is -0.478 e. The Labute approximate surface area is 397 Å². The van der Waals surface area contributed by atoms with E-state index in [4.69, 9.17) is 4.55 Å². The van der Waals surface area contributed by atoms with Crippen LogP contribution in [-0.2, 0) is 14.9 Å². The third-order valence-corrected chi connectivity index (χ3v) is 12.9. The van der Waals surface area contributed by atoms with Crippen molar-refractivity contribution >= 4 is 55.4 Å². The molecular weight excluding hydrogens is 861 g/mol. The number of esters is 2. The van der Waals surface area contributed by atoms with Gasteiger partial charge in [0.05, 0.1) is 22.9 Å². The smallest absolute Gasteiger partial charge is 0.346 e. The van der Waals surface area contributed by atoms with E-state index in [-0.39, 0.29) is 16.8 Å². The summed E-state index contributed by atoms with van der Waals surface area (Å²) in [6, 6.07) is 36.4. The summed E-state index contributed by atoms with van der Waals surface area (Å²) in [7, 11) is -3.67. The second kappa shape index (κ2) is 23.2. The van der Waals surface area contributed by atoms with E-state index in [1.165, 1.54) is 36.0 Å². The highest BCUT2D eigenvalue weighted by atomic mass is 32.2. The Morgan fingerprint density at radius 1 is 0.597 bits per heavy atom. The van der Waals surface area contributed by atoms with E-state index in [1.54, 1.807) is 42.5 Å². The Morgan fingerprint density at radius 2 is 1.01 bits per heavy atom. The first kappa shape index (κ1) is 53.6. The second-order valence-electron chi connectivity index (χ2n) is 19.1. The number of rotatable bonds is 13. The summed E-state index contributed by atoms with van der Waals surface area (Å²) < 4.78 is 30.5. The zero-order valence-corrected chi connectivity index (χ0v) is 41.8. The fourth-order valence-electron chi connectivity index (χ4n) is 8.32. The molecule has 7 rings (SSSR count). The van der Waals surface area contributed by atoms with Crippen LogP contribution in [0.15, 0.2) is 115 Å². The van der Waals surface area contributed by atoms with Gasteiger partial charge in [-0.2, -0.15) is 8.42 Å². The molecule has 6 aromatic rings. The van der Waals surface area contributed by atoms with Gasteiger partial charge in [-0.15, -0.1) is 0 Å². The van der Waals surface area contributed by atoms with Gasteiger partial charge in [0, 0.05) is 21.9 Å². The van der Waals surface area contributed by atoms with Gasteiger partial charge in [-0.3, -0.25) is 9.35 Å². The van der Waals surface area contributed by atoms with Gasteiger partial charge >= 0.3 is 17.9 Å². The zero-order valence-electron chi connectivity index (χ0n) is 41.0. The number of carboxylic acids is 1. The number of aryl methyl sites for hydroxylation is 2. The van der Waals surface area contributed by atoms with Gasteiger partial charge in [0.25, 0.3) is 10.1 Å². The molecule has 356 valence electrons. The molecular formula is C57H68O9S. The Morgan fingerprint density at radius 3 is 1.46 bits per heavy atom. The summed E-state index contributed by atoms with van der Waals surface area (Å²) in [5.74, 6) is -1.18. The lowest BCUT2D eigenvalue weighted by molar-refractivity contribution is 0.0390. The summed E-state index contributed by atoms with van der Waals surface area (Å²) in [5, 5.41) is 12.5. The highest BCUT2D eigenvalue weighted by Crippen LogP contribution is 2.38. The molecule has 1 aliphatic heterocycles. The number of carbonyl (C=O) groups excluding carboxylic acids is 3. The predicted molar refractivity (Wildman–Crippen MR) is 271 cm³/mol. The number of carboxylic acid groups (broad SMARTS) is 1. The molecule has 0 amide bonds. The van der Waals surface area contributed by atoms with Gasteiger partial charge in [-0.25, -0.2) is 14.4 Å². The van der Waals surface area contributed by atoms with E-state index >= 15 is 0 Å². The third-order valence-electron chi connectivity index (χ3n) is 12.9. The molecule has 0 saturated carbocycles. The van der Waals surface area contributed by atoms with Crippen LogP contribution in [0, 0.1) is 24.7 Å². The molecule has 0 bridgehead atoms. The molecule has 0 fully saturated rings. The monoisotopic (exact) mass is 928 g/mol. The summed E-state index contributed by atoms with van der Waals surface area (Å²) in [5.41, 5.74) is 7.82. The average molecular weight is 929 g/mol. The van der Waals surface area contributed by atoms with E-state index in [0.717, 1.165) is 41.5 Å². The van der Waals surface area contributed by atoms with E-state index < -0.39 is 28.0 Å². The predicted octanol–water partition coefficient (Wildman–Crippen LogP) is 14.4. The lowest BCUT2D eigenvalue weighted by atomic mass is 9.76. The van der Waals surface area contributed by atoms with Crippen molar-refractivity contribution in [2.24, 2.45) is 10.8 Å². The largest absolute Gasteiger partial charge is 0.478 e. The summed E-state index contributed by atoms with van der Waals surface area (Å²) in [6.07, 6.45) is 7.69. The topological polar surface area (TPSA) is 152 Å². The number of carbonyl (C=O) groups is 4. The lowest BCUT2D eigenvalue weighted by Crippen LogP contribution is -2.19. The van der Waals surface area contributed by atoms with Crippen LogP contribution >= 0.6 is 0 Å². The van der Waals surface area contributed by atoms with Crippen molar-refractivity contribution < 1.29 is 42.0 Å². The number of ether oxygens (including phenoxy) is 1. The van der Waals surface area contributed by atoms with Gasteiger partial charge in [0.1, 0.15) is 0 Å². The van der Waals surface area contributed by atoms with Crippen LogP contribution in [0.1, 0.15) is 175 Å². The molecule has 2 unspecified atom stereocenters. The molecule has 0 aromatic heterocycles. The van der Waals surface area contributed by atoms with Gasteiger partial charge in [-0.05, 0) is 114 Å². The average Bonchev–Trinajstić information content (AvgIpc) is 3.29. The number of ketones is 1. The Kier molecular flexibility index (Phi) is 18.5. The van der Waals surface area contributed by atoms with Crippen molar-refractivity contribution in [3.63, 3.8) is 0 Å². The van der Waals surface area contributed by atoms with Crippen LogP contribution in [0.5, 0.6) is 0 Å². The maximum Gasteiger partial charge on any atom is 0.346 e. The zero-order chi connectivity index (χ0) is 49.9. The Hall–Kier alpha value is -5.97. The lowest BCUT2D eigenvalue weighted by Gasteiger charge is -2.29. The minimum absolute atomic E-state index is 0.122. The molecule has 2 N–H and O–H groups in total. The van der Waals surface area contributed by atoms with Crippen LogP contribution in [0.2, 0.25) is 0 Å². The molecule has 0 spiro atoms. The molecule has 6 aromatic carbocycles. The second-order valence-corrected chi connectivity index (χ2v) is 20.6. The summed E-state index contributed by atoms with van der Waals surface area (Å²) in [6.45, 7) is 22.4. The van der Waals surface area contributed by atoms with Crippen molar-refractivity contribution in [3.05, 3.63) is 165 Å². The first-order valence-electron chi connectivity index (χ1n) is 23.1. The van der Waals surface area contributed by atoms with Crippen LogP contribution in [0.4, 0.5) is 0 Å². The van der Waals surface area contributed by atoms with Crippen molar-refractivity contribution in [1.82, 2.24) is 0 Å². The molecule has 2 atom stereocenters. The fraction of sp³-hybridized carbons (Fsp3) is 0.368. The quantitative estimate of drug-likeness (QED) is 0.0499. The van der Waals surface area contributed by atoms with Crippen LogP contribution in [0.3, 0.4) is 0 Å². The molecule has 0 saturated heterocycles. The minimum atomic E-state index is -3.67. The van der Waals surface area contributed by atoms with E-state index in [0.29, 0.717) is 50.6 Å². The van der Waals surface area contributed by atoms with E-state index in [1.807, 2.05) is 49.4 Å². The molecule has 0 aliphatic carbocycles. The maximum absolute atomic E-state index is 13.7. The van der Waals surface area contributed by atoms with Crippen molar-refractivity contribution in [2.45, 2.75) is 120 Å². The van der Waals surface area contributed by atoms with Crippen LogP contribution < -0.4 is 0 Å². The van der Waals surface area contributed by atoms with Gasteiger partial charge in [-0.1, -0.05) is 165 Å². The Balaban J connectivity index is 0.000000227. The third kappa shape index (κ3) is 14.8. The molecule has 9 nitrogen and oxygen atoms in total. The van der Waals surface area contributed by atoms with E-state index in [9.17, 15) is 32.7 Å². The molecule has 10 heteroatoms. The molecule has 1 heterocycles.